The van der Waals surface area contributed by atoms with Crippen LogP contribution in [0.3, 0.4) is 0 Å². The van der Waals surface area contributed by atoms with Crippen molar-refractivity contribution in [3.05, 3.63) is 95.9 Å². The van der Waals surface area contributed by atoms with E-state index >= 15 is 0 Å². The standard InChI is InChI=1S/C19H19NO/c1-3-8-16(9-4-1)14-19(17-10-5-2-6-11-17)20-15-18-12-7-13-21-18/h1-13,19-20H,14-15H2/p+1/t19-/m0/s1. The first-order chi connectivity index (χ1) is 10.4. The fourth-order valence-electron chi connectivity index (χ4n) is 2.59. The highest BCUT2D eigenvalue weighted by atomic mass is 16.3. The second-order valence-electron chi connectivity index (χ2n) is 5.23. The van der Waals surface area contributed by atoms with Crippen LogP contribution in [0.2, 0.25) is 0 Å². The summed E-state index contributed by atoms with van der Waals surface area (Å²) in [6.45, 7) is 0.861. The van der Waals surface area contributed by atoms with Crippen LogP contribution in [0.5, 0.6) is 0 Å². The number of hydrogen-bond acceptors (Lipinski definition) is 1. The molecule has 0 amide bonds. The highest BCUT2D eigenvalue weighted by Crippen LogP contribution is 2.15. The summed E-state index contributed by atoms with van der Waals surface area (Å²) in [6, 6.07) is 25.7. The number of quaternary nitrogens is 1. The van der Waals surface area contributed by atoms with E-state index in [1.54, 1.807) is 6.26 Å². The van der Waals surface area contributed by atoms with Crippen LogP contribution in [0.15, 0.2) is 83.5 Å². The molecule has 2 aromatic carbocycles. The smallest absolute Gasteiger partial charge is 0.157 e. The fraction of sp³-hybridized carbons (Fsp3) is 0.158. The summed E-state index contributed by atoms with van der Waals surface area (Å²) in [7, 11) is 0. The zero-order valence-electron chi connectivity index (χ0n) is 12.0. The zero-order valence-corrected chi connectivity index (χ0v) is 12.0. The van der Waals surface area contributed by atoms with Crippen molar-refractivity contribution in [1.29, 1.82) is 0 Å². The topological polar surface area (TPSA) is 29.8 Å². The molecule has 106 valence electrons. The van der Waals surface area contributed by atoms with E-state index in [2.05, 4.69) is 66.0 Å². The summed E-state index contributed by atoms with van der Waals surface area (Å²) in [6.07, 6.45) is 2.75. The molecule has 21 heavy (non-hydrogen) atoms. The van der Waals surface area contributed by atoms with Crippen molar-refractivity contribution in [3.8, 4) is 0 Å². The van der Waals surface area contributed by atoms with Gasteiger partial charge in [0.05, 0.1) is 6.26 Å². The van der Waals surface area contributed by atoms with Crippen molar-refractivity contribution in [1.82, 2.24) is 0 Å². The van der Waals surface area contributed by atoms with Gasteiger partial charge in [0.25, 0.3) is 0 Å². The van der Waals surface area contributed by atoms with Crippen LogP contribution in [0.4, 0.5) is 0 Å². The molecule has 0 saturated heterocycles. The zero-order chi connectivity index (χ0) is 14.3. The maximum atomic E-state index is 5.44. The molecule has 2 nitrogen and oxygen atoms in total. The Morgan fingerprint density at radius 1 is 0.810 bits per heavy atom. The van der Waals surface area contributed by atoms with Gasteiger partial charge in [-0.2, -0.15) is 0 Å². The van der Waals surface area contributed by atoms with E-state index < -0.39 is 0 Å². The van der Waals surface area contributed by atoms with Crippen LogP contribution in [0.1, 0.15) is 22.9 Å². The van der Waals surface area contributed by atoms with Gasteiger partial charge in [-0.3, -0.25) is 0 Å². The minimum Gasteiger partial charge on any atom is -0.463 e. The van der Waals surface area contributed by atoms with Crippen LogP contribution in [0.25, 0.3) is 0 Å². The molecule has 1 aromatic heterocycles. The second-order valence-corrected chi connectivity index (χ2v) is 5.23. The molecule has 1 heterocycles. The third-order valence-corrected chi connectivity index (χ3v) is 3.71. The Labute approximate surface area is 125 Å². The summed E-state index contributed by atoms with van der Waals surface area (Å²) >= 11 is 0. The van der Waals surface area contributed by atoms with Crippen molar-refractivity contribution >= 4 is 0 Å². The third-order valence-electron chi connectivity index (χ3n) is 3.71. The SMILES string of the molecule is c1ccc(C[C@H]([NH2+]Cc2ccco2)c2ccccc2)cc1. The van der Waals surface area contributed by atoms with Gasteiger partial charge < -0.3 is 9.73 Å². The minimum absolute atomic E-state index is 0.402. The molecule has 2 heteroatoms. The summed E-state index contributed by atoms with van der Waals surface area (Å²) in [5, 5.41) is 2.35. The normalized spacial score (nSPS) is 12.2. The number of nitrogens with two attached hydrogens (primary N) is 1. The van der Waals surface area contributed by atoms with Gasteiger partial charge in [-0.05, 0) is 17.7 Å². The molecule has 3 rings (SSSR count). The van der Waals surface area contributed by atoms with Gasteiger partial charge in [0.2, 0.25) is 0 Å². The average Bonchev–Trinajstić information content (AvgIpc) is 3.07. The lowest BCUT2D eigenvalue weighted by Gasteiger charge is -2.15. The molecule has 0 aliphatic heterocycles. The van der Waals surface area contributed by atoms with Gasteiger partial charge in [-0.15, -0.1) is 0 Å². The molecule has 0 aliphatic rings. The molecule has 0 aliphatic carbocycles. The molecule has 0 fully saturated rings. The van der Waals surface area contributed by atoms with Gasteiger partial charge in [-0.1, -0.05) is 60.7 Å². The lowest BCUT2D eigenvalue weighted by molar-refractivity contribution is -0.712. The van der Waals surface area contributed by atoms with Crippen molar-refractivity contribution in [2.24, 2.45) is 0 Å². The number of hydrogen-bond donors (Lipinski definition) is 1. The lowest BCUT2D eigenvalue weighted by Crippen LogP contribution is -2.84. The molecule has 0 radical (unpaired) electrons. The summed E-state index contributed by atoms with van der Waals surface area (Å²) in [5.41, 5.74) is 2.72. The summed E-state index contributed by atoms with van der Waals surface area (Å²) in [5.74, 6) is 1.02. The molecule has 3 aromatic rings. The Kier molecular flexibility index (Phi) is 4.49. The van der Waals surface area contributed by atoms with E-state index in [1.807, 2.05) is 12.1 Å². The monoisotopic (exact) mass is 278 g/mol. The molecule has 0 spiro atoms. The van der Waals surface area contributed by atoms with E-state index in [-0.39, 0.29) is 0 Å². The lowest BCUT2D eigenvalue weighted by atomic mass is 9.99. The van der Waals surface area contributed by atoms with E-state index in [1.165, 1.54) is 11.1 Å². The van der Waals surface area contributed by atoms with Gasteiger partial charge in [-0.25, -0.2) is 0 Å². The quantitative estimate of drug-likeness (QED) is 0.736. The Hall–Kier alpha value is -2.32. The van der Waals surface area contributed by atoms with Crippen LogP contribution < -0.4 is 5.32 Å². The molecule has 2 N–H and O–H groups in total. The summed E-state index contributed by atoms with van der Waals surface area (Å²) < 4.78 is 5.44. The number of benzene rings is 2. The van der Waals surface area contributed by atoms with Crippen LogP contribution in [-0.2, 0) is 13.0 Å². The molecule has 0 bridgehead atoms. The predicted molar refractivity (Wildman–Crippen MR) is 83.7 cm³/mol. The molecular weight excluding hydrogens is 258 g/mol. The van der Waals surface area contributed by atoms with E-state index in [9.17, 15) is 0 Å². The Bertz CT molecular complexity index is 632. The van der Waals surface area contributed by atoms with Crippen LogP contribution >= 0.6 is 0 Å². The summed E-state index contributed by atoms with van der Waals surface area (Å²) in [4.78, 5) is 0. The Morgan fingerprint density at radius 3 is 2.19 bits per heavy atom. The van der Waals surface area contributed by atoms with E-state index in [0.717, 1.165) is 18.7 Å². The van der Waals surface area contributed by atoms with Gasteiger partial charge in [0, 0.05) is 12.0 Å². The predicted octanol–water partition coefficient (Wildman–Crippen LogP) is 3.33. The van der Waals surface area contributed by atoms with Crippen LogP contribution in [0, 0.1) is 0 Å². The fourth-order valence-corrected chi connectivity index (χ4v) is 2.59. The first kappa shape index (κ1) is 13.7. The van der Waals surface area contributed by atoms with Crippen molar-refractivity contribution in [2.75, 3.05) is 0 Å². The number of furan rings is 1. The average molecular weight is 278 g/mol. The largest absolute Gasteiger partial charge is 0.463 e. The van der Waals surface area contributed by atoms with Gasteiger partial charge in [0.15, 0.2) is 5.76 Å². The van der Waals surface area contributed by atoms with E-state index in [0.29, 0.717) is 6.04 Å². The highest BCUT2D eigenvalue weighted by molar-refractivity contribution is 5.22. The maximum absolute atomic E-state index is 5.44. The first-order valence-electron chi connectivity index (χ1n) is 7.36. The van der Waals surface area contributed by atoms with Gasteiger partial charge >= 0.3 is 0 Å². The van der Waals surface area contributed by atoms with Gasteiger partial charge in [0.1, 0.15) is 12.6 Å². The third kappa shape index (κ3) is 3.83. The Balaban J connectivity index is 1.74. The molecular formula is C19H20NO+. The first-order valence-corrected chi connectivity index (χ1v) is 7.36. The Morgan fingerprint density at radius 2 is 1.52 bits per heavy atom. The highest BCUT2D eigenvalue weighted by Gasteiger charge is 2.15. The maximum Gasteiger partial charge on any atom is 0.157 e. The number of rotatable bonds is 6. The van der Waals surface area contributed by atoms with Crippen LogP contribution in [-0.4, -0.2) is 0 Å². The molecule has 1 atom stereocenters. The minimum atomic E-state index is 0.402. The molecule has 0 saturated carbocycles. The van der Waals surface area contributed by atoms with E-state index in [4.69, 9.17) is 4.42 Å². The second kappa shape index (κ2) is 6.91. The van der Waals surface area contributed by atoms with Crippen molar-refractivity contribution in [3.63, 3.8) is 0 Å². The van der Waals surface area contributed by atoms with Crippen molar-refractivity contribution in [2.45, 2.75) is 19.0 Å². The molecule has 0 unspecified atom stereocenters. The van der Waals surface area contributed by atoms with Crippen molar-refractivity contribution < 1.29 is 9.73 Å².